The maximum atomic E-state index is 13.1. The Morgan fingerprint density at radius 2 is 1.79 bits per heavy atom. The van der Waals surface area contributed by atoms with Gasteiger partial charge in [-0.15, -0.1) is 0 Å². The van der Waals surface area contributed by atoms with Crippen molar-refractivity contribution in [1.82, 2.24) is 19.5 Å². The molecule has 1 atom stereocenters. The van der Waals surface area contributed by atoms with Gasteiger partial charge in [-0.05, 0) is 68.0 Å². The molecular weight excluding hydrogens is 419 g/mol. The maximum absolute atomic E-state index is 13.1. The van der Waals surface area contributed by atoms with E-state index in [0.717, 1.165) is 48.1 Å². The third-order valence-electron chi connectivity index (χ3n) is 6.32. The molecule has 2 aromatic heterocycles. The summed E-state index contributed by atoms with van der Waals surface area (Å²) in [6.07, 6.45) is 7.64. The number of amides is 1. The highest BCUT2D eigenvalue weighted by molar-refractivity contribution is 5.94. The van der Waals surface area contributed by atoms with E-state index in [1.165, 1.54) is 12.1 Å². The third kappa shape index (κ3) is 4.18. The van der Waals surface area contributed by atoms with Crippen LogP contribution in [0.15, 0.2) is 65.7 Å². The van der Waals surface area contributed by atoms with Crippen LogP contribution in [-0.2, 0) is 19.4 Å². The Hall–Kier alpha value is -3.74. The summed E-state index contributed by atoms with van der Waals surface area (Å²) in [5.74, 6) is -0.512. The van der Waals surface area contributed by atoms with E-state index >= 15 is 0 Å². The Bertz CT molecular complexity index is 1370. The number of halogens is 1. The zero-order chi connectivity index (χ0) is 22.9. The van der Waals surface area contributed by atoms with Crippen LogP contribution in [0.5, 0.6) is 0 Å². The summed E-state index contributed by atoms with van der Waals surface area (Å²) in [6, 6.07) is 13.1. The lowest BCUT2D eigenvalue weighted by Gasteiger charge is -2.15. The second kappa shape index (κ2) is 8.65. The first-order valence-corrected chi connectivity index (χ1v) is 11.2. The molecule has 1 amide bonds. The minimum Gasteiger partial charge on any atom is -0.346 e. The van der Waals surface area contributed by atoms with Crippen molar-refractivity contribution in [3.8, 4) is 0 Å². The van der Waals surface area contributed by atoms with Crippen molar-refractivity contribution in [2.75, 3.05) is 0 Å². The van der Waals surface area contributed by atoms with Gasteiger partial charge in [-0.3, -0.25) is 9.59 Å². The molecular formula is C26H25FN4O2. The van der Waals surface area contributed by atoms with E-state index in [2.05, 4.69) is 10.4 Å². The molecule has 6 nitrogen and oxygen atoms in total. The summed E-state index contributed by atoms with van der Waals surface area (Å²) in [6.45, 7) is 2.28. The molecule has 0 unspecified atom stereocenters. The van der Waals surface area contributed by atoms with Crippen LogP contribution in [0.3, 0.4) is 0 Å². The van der Waals surface area contributed by atoms with Crippen molar-refractivity contribution in [3.63, 3.8) is 0 Å². The molecule has 1 aliphatic carbocycles. The number of aryl methyl sites for hydroxylation is 2. The van der Waals surface area contributed by atoms with Gasteiger partial charge < -0.3 is 9.88 Å². The van der Waals surface area contributed by atoms with Gasteiger partial charge in [0.1, 0.15) is 11.3 Å². The van der Waals surface area contributed by atoms with Crippen molar-refractivity contribution >= 4 is 11.4 Å². The number of hydrogen-bond donors (Lipinski definition) is 1. The van der Waals surface area contributed by atoms with Gasteiger partial charge in [0, 0.05) is 23.5 Å². The monoisotopic (exact) mass is 444 g/mol. The number of nitrogens with one attached hydrogen (secondary N) is 1. The number of nitrogens with zero attached hydrogens (tertiary/aromatic N) is 3. The van der Waals surface area contributed by atoms with E-state index < -0.39 is 0 Å². The Morgan fingerprint density at radius 1 is 1.06 bits per heavy atom. The van der Waals surface area contributed by atoms with Gasteiger partial charge in [-0.25, -0.2) is 8.91 Å². The molecule has 2 heterocycles. The van der Waals surface area contributed by atoms with Crippen molar-refractivity contribution in [2.45, 2.75) is 45.2 Å². The zero-order valence-corrected chi connectivity index (χ0v) is 18.4. The fourth-order valence-corrected chi connectivity index (χ4v) is 4.45. The SMILES string of the molecule is C[C@@H](NC(=O)c1ccc(Cn2ccn3nc4c(c3c2=O)CCCC4)cc1)c1ccc(F)cc1. The van der Waals surface area contributed by atoms with Crippen LogP contribution in [0.1, 0.15) is 58.5 Å². The molecule has 0 radical (unpaired) electrons. The first-order chi connectivity index (χ1) is 16.0. The first kappa shape index (κ1) is 21.1. The van der Waals surface area contributed by atoms with Crippen LogP contribution in [0.4, 0.5) is 4.39 Å². The quantitative estimate of drug-likeness (QED) is 0.505. The van der Waals surface area contributed by atoms with Crippen LogP contribution in [-0.4, -0.2) is 20.1 Å². The molecule has 168 valence electrons. The molecule has 0 bridgehead atoms. The second-order valence-electron chi connectivity index (χ2n) is 8.60. The van der Waals surface area contributed by atoms with E-state index in [0.29, 0.717) is 17.6 Å². The Balaban J connectivity index is 1.31. The van der Waals surface area contributed by atoms with Crippen LogP contribution < -0.4 is 10.9 Å². The predicted molar refractivity (Wildman–Crippen MR) is 124 cm³/mol. The molecule has 1 aliphatic rings. The molecule has 1 N–H and O–H groups in total. The van der Waals surface area contributed by atoms with E-state index in [4.69, 9.17) is 0 Å². The molecule has 4 aromatic rings. The molecule has 0 saturated carbocycles. The van der Waals surface area contributed by atoms with Crippen molar-refractivity contribution in [2.24, 2.45) is 0 Å². The molecule has 7 heteroatoms. The second-order valence-corrected chi connectivity index (χ2v) is 8.60. The lowest BCUT2D eigenvalue weighted by Crippen LogP contribution is -2.26. The third-order valence-corrected chi connectivity index (χ3v) is 6.32. The van der Waals surface area contributed by atoms with E-state index in [1.807, 2.05) is 25.3 Å². The molecule has 0 aliphatic heterocycles. The molecule has 5 rings (SSSR count). The summed E-state index contributed by atoms with van der Waals surface area (Å²) < 4.78 is 16.5. The number of rotatable bonds is 5. The lowest BCUT2D eigenvalue weighted by atomic mass is 9.97. The van der Waals surface area contributed by atoms with Crippen LogP contribution >= 0.6 is 0 Å². The zero-order valence-electron chi connectivity index (χ0n) is 18.4. The molecule has 2 aromatic carbocycles. The average Bonchev–Trinajstić information content (AvgIpc) is 3.21. The summed E-state index contributed by atoms with van der Waals surface area (Å²) in [4.78, 5) is 25.8. The molecule has 0 saturated heterocycles. The smallest absolute Gasteiger partial charge is 0.277 e. The largest absolute Gasteiger partial charge is 0.346 e. The van der Waals surface area contributed by atoms with Gasteiger partial charge in [-0.2, -0.15) is 5.10 Å². The van der Waals surface area contributed by atoms with Gasteiger partial charge in [0.15, 0.2) is 0 Å². The topological polar surface area (TPSA) is 68.4 Å². The Labute approximate surface area is 190 Å². The lowest BCUT2D eigenvalue weighted by molar-refractivity contribution is 0.0940. The maximum Gasteiger partial charge on any atom is 0.277 e. The minimum atomic E-state index is -0.306. The highest BCUT2D eigenvalue weighted by Gasteiger charge is 2.19. The summed E-state index contributed by atoms with van der Waals surface area (Å²) in [5.41, 5.74) is 5.06. The predicted octanol–water partition coefficient (Wildman–Crippen LogP) is 4.05. The van der Waals surface area contributed by atoms with Gasteiger partial charge in [0.05, 0.1) is 18.3 Å². The highest BCUT2D eigenvalue weighted by atomic mass is 19.1. The summed E-state index contributed by atoms with van der Waals surface area (Å²) in [5, 5.41) is 7.51. The Morgan fingerprint density at radius 3 is 2.55 bits per heavy atom. The van der Waals surface area contributed by atoms with Crippen LogP contribution in [0.25, 0.3) is 5.52 Å². The van der Waals surface area contributed by atoms with Crippen molar-refractivity contribution in [1.29, 1.82) is 0 Å². The number of fused-ring (bicyclic) bond motifs is 3. The number of carbonyl (C=O) groups is 1. The average molecular weight is 445 g/mol. The van der Waals surface area contributed by atoms with Gasteiger partial charge in [-0.1, -0.05) is 24.3 Å². The normalized spacial score (nSPS) is 14.1. The highest BCUT2D eigenvalue weighted by Crippen LogP contribution is 2.22. The minimum absolute atomic E-state index is 0.0388. The fraction of sp³-hybridized carbons (Fsp3) is 0.269. The van der Waals surface area contributed by atoms with Crippen molar-refractivity contribution < 1.29 is 9.18 Å². The number of carbonyl (C=O) groups excluding carboxylic acids is 1. The van der Waals surface area contributed by atoms with Gasteiger partial charge >= 0.3 is 0 Å². The summed E-state index contributed by atoms with van der Waals surface area (Å²) >= 11 is 0. The van der Waals surface area contributed by atoms with Gasteiger partial charge in [0.25, 0.3) is 11.5 Å². The van der Waals surface area contributed by atoms with E-state index in [1.54, 1.807) is 39.5 Å². The van der Waals surface area contributed by atoms with Crippen LogP contribution in [0.2, 0.25) is 0 Å². The standard InChI is InChI=1S/C26H25FN4O2/c1-17(19-10-12-21(27)13-11-19)28-25(32)20-8-6-18(7-9-20)16-30-14-15-31-24(26(30)33)22-4-2-3-5-23(22)29-31/h6-15,17H,2-5,16H2,1H3,(H,28,32)/t17-/m1/s1. The van der Waals surface area contributed by atoms with Crippen LogP contribution in [0, 0.1) is 5.82 Å². The molecule has 0 spiro atoms. The number of aromatic nitrogens is 3. The van der Waals surface area contributed by atoms with Crippen molar-refractivity contribution in [3.05, 3.63) is 105 Å². The van der Waals surface area contributed by atoms with E-state index in [9.17, 15) is 14.0 Å². The fourth-order valence-electron chi connectivity index (χ4n) is 4.45. The molecule has 33 heavy (non-hydrogen) atoms. The Kier molecular flexibility index (Phi) is 5.54. The van der Waals surface area contributed by atoms with Gasteiger partial charge in [0.2, 0.25) is 0 Å². The summed E-state index contributed by atoms with van der Waals surface area (Å²) in [7, 11) is 0. The number of hydrogen-bond acceptors (Lipinski definition) is 3. The first-order valence-electron chi connectivity index (χ1n) is 11.2. The molecule has 0 fully saturated rings. The van der Waals surface area contributed by atoms with E-state index in [-0.39, 0.29) is 23.3 Å². The number of benzene rings is 2.